The lowest BCUT2D eigenvalue weighted by Crippen LogP contribution is -2.44. The molecule has 178 valence electrons. The van der Waals surface area contributed by atoms with Crippen LogP contribution in [-0.4, -0.2) is 74.2 Å². The summed E-state index contributed by atoms with van der Waals surface area (Å²) in [5, 5.41) is 7.34. The molecule has 33 heavy (non-hydrogen) atoms. The smallest absolute Gasteiger partial charge is 0.251 e. The zero-order valence-corrected chi connectivity index (χ0v) is 22.1. The monoisotopic (exact) mass is 602 g/mol. The Morgan fingerprint density at radius 2 is 1.91 bits per heavy atom. The molecule has 0 unspecified atom stereocenters. The lowest BCUT2D eigenvalue weighted by Gasteiger charge is -2.27. The number of ether oxygens (including phenoxy) is 1. The fourth-order valence-corrected chi connectivity index (χ4v) is 5.02. The first kappa shape index (κ1) is 25.0. The van der Waals surface area contributed by atoms with Gasteiger partial charge in [0, 0.05) is 64.0 Å². The number of amides is 1. The molecule has 2 fully saturated rings. The number of rotatable bonds is 8. The minimum absolute atomic E-state index is 0.116. The molecule has 0 bridgehead atoms. The predicted octanol–water partition coefficient (Wildman–Crippen LogP) is 3.89. The molecule has 0 aliphatic carbocycles. The van der Waals surface area contributed by atoms with Crippen LogP contribution in [0.3, 0.4) is 0 Å². The molecule has 0 aromatic heterocycles. The Labute approximate surface area is 219 Å². The highest BCUT2D eigenvalue weighted by Gasteiger charge is 2.24. The van der Waals surface area contributed by atoms with Crippen molar-refractivity contribution >= 4 is 51.7 Å². The van der Waals surface area contributed by atoms with E-state index >= 15 is 0 Å². The molecule has 6 nitrogen and oxygen atoms in total. The summed E-state index contributed by atoms with van der Waals surface area (Å²) in [6.07, 6.45) is 0.922. The normalized spacial score (nSPS) is 19.5. The van der Waals surface area contributed by atoms with Gasteiger partial charge >= 0.3 is 0 Å². The van der Waals surface area contributed by atoms with E-state index in [0.717, 1.165) is 68.1 Å². The van der Waals surface area contributed by atoms with Crippen molar-refractivity contribution < 1.29 is 9.53 Å². The molecule has 2 aromatic carbocycles. The van der Waals surface area contributed by atoms with Crippen molar-refractivity contribution in [1.82, 2.24) is 20.4 Å². The van der Waals surface area contributed by atoms with E-state index < -0.39 is 0 Å². The van der Waals surface area contributed by atoms with Crippen LogP contribution in [0.25, 0.3) is 0 Å². The Bertz CT molecular complexity index is 971. The van der Waals surface area contributed by atoms with Crippen LogP contribution in [0.5, 0.6) is 5.75 Å². The molecular formula is C24H29Cl2IN4O2. The highest BCUT2D eigenvalue weighted by atomic mass is 127. The number of hydrogen-bond acceptors (Lipinski definition) is 5. The van der Waals surface area contributed by atoms with E-state index in [0.29, 0.717) is 22.2 Å². The topological polar surface area (TPSA) is 56.8 Å². The van der Waals surface area contributed by atoms with E-state index in [1.165, 1.54) is 5.56 Å². The zero-order chi connectivity index (χ0) is 23.2. The van der Waals surface area contributed by atoms with Crippen LogP contribution in [0.2, 0.25) is 10.0 Å². The van der Waals surface area contributed by atoms with Crippen LogP contribution in [0, 0.1) is 3.57 Å². The Kier molecular flexibility index (Phi) is 9.12. The van der Waals surface area contributed by atoms with Crippen molar-refractivity contribution in [3.05, 3.63) is 61.1 Å². The predicted molar refractivity (Wildman–Crippen MR) is 142 cm³/mol. The van der Waals surface area contributed by atoms with Crippen molar-refractivity contribution in [2.45, 2.75) is 19.0 Å². The number of halogens is 3. The molecule has 2 aliphatic heterocycles. The van der Waals surface area contributed by atoms with Gasteiger partial charge < -0.3 is 15.4 Å². The Hall–Kier alpha value is -1.10. The molecule has 1 amide bonds. The van der Waals surface area contributed by atoms with E-state index in [-0.39, 0.29) is 11.9 Å². The third-order valence-corrected chi connectivity index (χ3v) is 7.70. The summed E-state index contributed by atoms with van der Waals surface area (Å²) in [5.74, 6) is 0.835. The molecule has 0 saturated carbocycles. The molecule has 9 heteroatoms. The maximum Gasteiger partial charge on any atom is 0.251 e. The number of piperazine rings is 1. The highest BCUT2D eigenvalue weighted by molar-refractivity contribution is 14.1. The van der Waals surface area contributed by atoms with Gasteiger partial charge in [0.25, 0.3) is 5.91 Å². The number of nitrogens with zero attached hydrogens (tertiary/aromatic N) is 2. The van der Waals surface area contributed by atoms with Crippen molar-refractivity contribution in [2.24, 2.45) is 0 Å². The number of likely N-dealkylation sites (tertiary alicyclic amines) is 1. The van der Waals surface area contributed by atoms with Crippen LogP contribution in [0.4, 0.5) is 0 Å². The SMILES string of the molecule is O=C(N[C@H]1CCN(Cc2ccc(I)c(OCCN3CCNCC3)c2)C1)c1ccc(Cl)c(Cl)c1. The lowest BCUT2D eigenvalue weighted by molar-refractivity contribution is 0.0937. The van der Waals surface area contributed by atoms with E-state index in [4.69, 9.17) is 27.9 Å². The molecule has 2 aromatic rings. The zero-order valence-electron chi connectivity index (χ0n) is 18.5. The van der Waals surface area contributed by atoms with Gasteiger partial charge in [-0.1, -0.05) is 29.3 Å². The van der Waals surface area contributed by atoms with Crippen molar-refractivity contribution in [1.29, 1.82) is 0 Å². The molecular weight excluding hydrogens is 574 g/mol. The fraction of sp³-hybridized carbons (Fsp3) is 0.458. The first-order valence-corrected chi connectivity index (χ1v) is 13.1. The molecule has 2 aliphatic rings. The molecule has 0 radical (unpaired) electrons. The summed E-state index contributed by atoms with van der Waals surface area (Å²) in [6, 6.07) is 11.5. The van der Waals surface area contributed by atoms with Crippen LogP contribution >= 0.6 is 45.8 Å². The van der Waals surface area contributed by atoms with Crippen LogP contribution in [0.15, 0.2) is 36.4 Å². The van der Waals surface area contributed by atoms with Gasteiger partial charge in [0.1, 0.15) is 12.4 Å². The maximum absolute atomic E-state index is 12.6. The Balaban J connectivity index is 1.26. The first-order chi connectivity index (χ1) is 16.0. The third-order valence-electron chi connectivity index (χ3n) is 6.07. The second-order valence-electron chi connectivity index (χ2n) is 8.53. The summed E-state index contributed by atoms with van der Waals surface area (Å²) in [7, 11) is 0. The first-order valence-electron chi connectivity index (χ1n) is 11.3. The van der Waals surface area contributed by atoms with Crippen LogP contribution in [-0.2, 0) is 6.54 Å². The Morgan fingerprint density at radius 1 is 1.09 bits per heavy atom. The summed E-state index contributed by atoms with van der Waals surface area (Å²) < 4.78 is 7.25. The van der Waals surface area contributed by atoms with Gasteiger partial charge in [0.2, 0.25) is 0 Å². The molecule has 2 saturated heterocycles. The molecule has 4 rings (SSSR count). The van der Waals surface area contributed by atoms with E-state index in [1.54, 1.807) is 18.2 Å². The molecule has 2 N–H and O–H groups in total. The number of nitrogens with one attached hydrogen (secondary N) is 2. The van der Waals surface area contributed by atoms with E-state index in [2.05, 4.69) is 61.2 Å². The number of carbonyl (C=O) groups is 1. The highest BCUT2D eigenvalue weighted by Crippen LogP contribution is 2.25. The van der Waals surface area contributed by atoms with Gasteiger partial charge in [-0.2, -0.15) is 0 Å². The van der Waals surface area contributed by atoms with Crippen molar-refractivity contribution in [3.63, 3.8) is 0 Å². The quantitative estimate of drug-likeness (QED) is 0.449. The van der Waals surface area contributed by atoms with Gasteiger partial charge in [-0.25, -0.2) is 0 Å². The largest absolute Gasteiger partial charge is 0.491 e. The maximum atomic E-state index is 12.6. The second kappa shape index (κ2) is 12.0. The number of benzene rings is 2. The Morgan fingerprint density at radius 3 is 2.70 bits per heavy atom. The molecule has 1 atom stereocenters. The van der Waals surface area contributed by atoms with Crippen molar-refractivity contribution in [2.75, 3.05) is 52.4 Å². The van der Waals surface area contributed by atoms with Crippen LogP contribution in [0.1, 0.15) is 22.3 Å². The summed E-state index contributed by atoms with van der Waals surface area (Å²) >= 11 is 14.3. The average Bonchev–Trinajstić information content (AvgIpc) is 3.25. The standard InChI is InChI=1S/C24H29Cl2IN4O2/c25-20-3-2-18(14-21(20)26)24(32)29-19-5-8-31(16-19)15-17-1-4-22(27)23(13-17)33-12-11-30-9-6-28-7-10-30/h1-4,13-14,19,28H,5-12,15-16H2,(H,29,32)/t19-/m0/s1. The summed E-state index contributed by atoms with van der Waals surface area (Å²) in [5.41, 5.74) is 1.76. The van der Waals surface area contributed by atoms with E-state index in [1.807, 2.05) is 0 Å². The van der Waals surface area contributed by atoms with Gasteiger partial charge in [0.15, 0.2) is 0 Å². The number of hydrogen-bond donors (Lipinski definition) is 2. The lowest BCUT2D eigenvalue weighted by atomic mass is 10.2. The van der Waals surface area contributed by atoms with Gasteiger partial charge in [0.05, 0.1) is 13.6 Å². The fourth-order valence-electron chi connectivity index (χ4n) is 4.23. The van der Waals surface area contributed by atoms with Gasteiger partial charge in [-0.05, 0) is 64.9 Å². The average molecular weight is 603 g/mol. The minimum atomic E-state index is -0.116. The van der Waals surface area contributed by atoms with Crippen LogP contribution < -0.4 is 15.4 Å². The summed E-state index contributed by atoms with van der Waals surface area (Å²) in [6.45, 7) is 8.52. The summed E-state index contributed by atoms with van der Waals surface area (Å²) in [4.78, 5) is 17.4. The molecule has 2 heterocycles. The second-order valence-corrected chi connectivity index (χ2v) is 10.5. The third kappa shape index (κ3) is 7.19. The van der Waals surface area contributed by atoms with Gasteiger partial charge in [-0.3, -0.25) is 14.6 Å². The van der Waals surface area contributed by atoms with Crippen molar-refractivity contribution in [3.8, 4) is 5.75 Å². The van der Waals surface area contributed by atoms with Gasteiger partial charge in [-0.15, -0.1) is 0 Å². The minimum Gasteiger partial charge on any atom is -0.491 e. The molecule has 0 spiro atoms. The number of carbonyl (C=O) groups excluding carboxylic acids is 1. The van der Waals surface area contributed by atoms with E-state index in [9.17, 15) is 4.79 Å².